The van der Waals surface area contributed by atoms with Crippen molar-refractivity contribution < 1.29 is 13.9 Å². The molecular weight excluding hydrogens is 368 g/mol. The first-order chi connectivity index (χ1) is 14.1. The maximum absolute atomic E-state index is 12.7. The number of para-hydroxylation sites is 2. The molecule has 2 aromatic heterocycles. The van der Waals surface area contributed by atoms with Crippen LogP contribution in [0.2, 0.25) is 0 Å². The molecule has 142 valence electrons. The molecule has 0 aliphatic heterocycles. The van der Waals surface area contributed by atoms with Crippen molar-refractivity contribution in [2.75, 3.05) is 0 Å². The first kappa shape index (κ1) is 17.2. The van der Waals surface area contributed by atoms with Gasteiger partial charge >= 0.3 is 5.97 Å². The summed E-state index contributed by atoms with van der Waals surface area (Å²) < 4.78 is 12.6. The molecule has 0 saturated heterocycles. The molecule has 0 N–H and O–H groups in total. The fourth-order valence-electron chi connectivity index (χ4n) is 3.53. The van der Waals surface area contributed by atoms with Crippen LogP contribution in [0.1, 0.15) is 5.82 Å². The lowest BCUT2D eigenvalue weighted by Crippen LogP contribution is -2.29. The smallest absolute Gasteiger partial charge is 0.331 e. The number of hydrogen-bond acceptors (Lipinski definition) is 5. The number of aromatic nitrogens is 2. The van der Waals surface area contributed by atoms with Gasteiger partial charge in [0.2, 0.25) is 0 Å². The number of fused-ring (bicyclic) bond motifs is 4. The SMILES string of the molecule is Cc1nc2ccccc2c(=O)n1CC(=O)Oc1ccc2oc3ccccc3c2c1. The van der Waals surface area contributed by atoms with E-state index >= 15 is 0 Å². The topological polar surface area (TPSA) is 74.3 Å². The van der Waals surface area contributed by atoms with Gasteiger partial charge in [-0.3, -0.25) is 9.36 Å². The van der Waals surface area contributed by atoms with Gasteiger partial charge in [-0.25, -0.2) is 9.78 Å². The van der Waals surface area contributed by atoms with Crippen LogP contribution in [-0.4, -0.2) is 15.5 Å². The van der Waals surface area contributed by atoms with Crippen LogP contribution in [0.15, 0.2) is 75.9 Å². The Hall–Kier alpha value is -3.93. The summed E-state index contributed by atoms with van der Waals surface area (Å²) in [4.78, 5) is 29.7. The van der Waals surface area contributed by atoms with Gasteiger partial charge < -0.3 is 9.15 Å². The van der Waals surface area contributed by atoms with E-state index in [4.69, 9.17) is 9.15 Å². The van der Waals surface area contributed by atoms with E-state index in [-0.39, 0.29) is 12.1 Å². The zero-order chi connectivity index (χ0) is 20.0. The number of benzene rings is 3. The zero-order valence-electron chi connectivity index (χ0n) is 15.6. The third-order valence-electron chi connectivity index (χ3n) is 4.92. The molecule has 5 aromatic rings. The van der Waals surface area contributed by atoms with E-state index in [9.17, 15) is 9.59 Å². The number of hydrogen-bond donors (Lipinski definition) is 0. The molecule has 0 spiro atoms. The van der Waals surface area contributed by atoms with E-state index in [1.54, 1.807) is 43.3 Å². The van der Waals surface area contributed by atoms with Gasteiger partial charge in [0.25, 0.3) is 5.56 Å². The van der Waals surface area contributed by atoms with Crippen LogP contribution in [0.25, 0.3) is 32.8 Å². The number of carbonyl (C=O) groups is 1. The second-order valence-corrected chi connectivity index (χ2v) is 6.80. The molecule has 0 saturated carbocycles. The van der Waals surface area contributed by atoms with Crippen LogP contribution in [-0.2, 0) is 11.3 Å². The zero-order valence-corrected chi connectivity index (χ0v) is 15.6. The molecule has 0 atom stereocenters. The summed E-state index contributed by atoms with van der Waals surface area (Å²) in [6, 6.07) is 20.0. The minimum atomic E-state index is -0.542. The number of nitrogens with zero attached hydrogens (tertiary/aromatic N) is 2. The molecule has 2 heterocycles. The first-order valence-corrected chi connectivity index (χ1v) is 9.18. The number of carbonyl (C=O) groups excluding carboxylic acids is 1. The van der Waals surface area contributed by atoms with Crippen molar-refractivity contribution in [2.24, 2.45) is 0 Å². The van der Waals surface area contributed by atoms with Gasteiger partial charge in [-0.2, -0.15) is 0 Å². The van der Waals surface area contributed by atoms with Crippen molar-refractivity contribution in [1.82, 2.24) is 9.55 Å². The first-order valence-electron chi connectivity index (χ1n) is 9.18. The van der Waals surface area contributed by atoms with Crippen molar-refractivity contribution >= 4 is 38.8 Å². The van der Waals surface area contributed by atoms with E-state index in [1.165, 1.54) is 4.57 Å². The van der Waals surface area contributed by atoms with Crippen LogP contribution >= 0.6 is 0 Å². The third kappa shape index (κ3) is 2.95. The standard InChI is InChI=1S/C23H16N2O4/c1-14-24-19-8-4-2-7-17(19)23(27)25(14)13-22(26)28-15-10-11-21-18(12-15)16-6-3-5-9-20(16)29-21/h2-12H,13H2,1H3. The normalized spacial score (nSPS) is 11.3. The maximum atomic E-state index is 12.7. The van der Waals surface area contributed by atoms with Gasteiger partial charge in [0, 0.05) is 10.8 Å². The van der Waals surface area contributed by atoms with Crippen molar-refractivity contribution in [2.45, 2.75) is 13.5 Å². The van der Waals surface area contributed by atoms with Crippen molar-refractivity contribution in [3.63, 3.8) is 0 Å². The Balaban J connectivity index is 1.46. The predicted molar refractivity (Wildman–Crippen MR) is 110 cm³/mol. The lowest BCUT2D eigenvalue weighted by molar-refractivity contribution is -0.135. The highest BCUT2D eigenvalue weighted by atomic mass is 16.5. The second-order valence-electron chi connectivity index (χ2n) is 6.80. The second kappa shape index (κ2) is 6.60. The molecule has 29 heavy (non-hydrogen) atoms. The monoisotopic (exact) mass is 384 g/mol. The van der Waals surface area contributed by atoms with E-state index in [1.807, 2.05) is 30.3 Å². The van der Waals surface area contributed by atoms with E-state index in [0.29, 0.717) is 22.5 Å². The number of aryl methyl sites for hydroxylation is 1. The maximum Gasteiger partial charge on any atom is 0.331 e. The fraction of sp³-hybridized carbons (Fsp3) is 0.0870. The molecule has 0 aliphatic carbocycles. The Morgan fingerprint density at radius 2 is 1.69 bits per heavy atom. The molecule has 6 heteroatoms. The Morgan fingerprint density at radius 1 is 0.966 bits per heavy atom. The van der Waals surface area contributed by atoms with Gasteiger partial charge in [-0.15, -0.1) is 0 Å². The van der Waals surface area contributed by atoms with Crippen LogP contribution in [0.3, 0.4) is 0 Å². The van der Waals surface area contributed by atoms with Gasteiger partial charge in [0.05, 0.1) is 10.9 Å². The molecule has 5 rings (SSSR count). The molecular formula is C23H16N2O4. The average molecular weight is 384 g/mol. The molecule has 0 fully saturated rings. The minimum Gasteiger partial charge on any atom is -0.456 e. The van der Waals surface area contributed by atoms with E-state index < -0.39 is 5.97 Å². The van der Waals surface area contributed by atoms with Crippen molar-refractivity contribution in [1.29, 1.82) is 0 Å². The highest BCUT2D eigenvalue weighted by Crippen LogP contribution is 2.31. The van der Waals surface area contributed by atoms with Gasteiger partial charge in [0.15, 0.2) is 0 Å². The summed E-state index contributed by atoms with van der Waals surface area (Å²) in [5.74, 6) is 0.315. The highest BCUT2D eigenvalue weighted by molar-refractivity contribution is 6.05. The van der Waals surface area contributed by atoms with Gasteiger partial charge in [-0.05, 0) is 43.3 Å². The summed E-state index contributed by atoms with van der Waals surface area (Å²) in [6.45, 7) is 1.48. The molecule has 0 unspecified atom stereocenters. The van der Waals surface area contributed by atoms with Crippen LogP contribution in [0.5, 0.6) is 5.75 Å². The molecule has 6 nitrogen and oxygen atoms in total. The summed E-state index contributed by atoms with van der Waals surface area (Å²) >= 11 is 0. The molecule has 0 radical (unpaired) electrons. The number of rotatable bonds is 3. The summed E-state index contributed by atoms with van der Waals surface area (Å²) in [7, 11) is 0. The summed E-state index contributed by atoms with van der Waals surface area (Å²) in [5.41, 5.74) is 1.84. The van der Waals surface area contributed by atoms with Crippen LogP contribution < -0.4 is 10.3 Å². The third-order valence-corrected chi connectivity index (χ3v) is 4.92. The van der Waals surface area contributed by atoms with E-state index in [0.717, 1.165) is 21.9 Å². The van der Waals surface area contributed by atoms with Crippen LogP contribution in [0, 0.1) is 6.92 Å². The predicted octanol–water partition coefficient (Wildman–Crippen LogP) is 4.21. The van der Waals surface area contributed by atoms with Crippen molar-refractivity contribution in [3.05, 3.63) is 82.9 Å². The minimum absolute atomic E-state index is 0.216. The molecule has 0 bridgehead atoms. The number of ether oxygens (including phenoxy) is 1. The fourth-order valence-corrected chi connectivity index (χ4v) is 3.53. The lowest BCUT2D eigenvalue weighted by atomic mass is 10.1. The van der Waals surface area contributed by atoms with Crippen LogP contribution in [0.4, 0.5) is 0 Å². The molecule has 3 aromatic carbocycles. The highest BCUT2D eigenvalue weighted by Gasteiger charge is 2.14. The average Bonchev–Trinajstić information content (AvgIpc) is 3.09. The summed E-state index contributed by atoms with van der Waals surface area (Å²) in [6.07, 6.45) is 0. The van der Waals surface area contributed by atoms with Gasteiger partial charge in [-0.1, -0.05) is 30.3 Å². The Morgan fingerprint density at radius 3 is 2.55 bits per heavy atom. The Labute approximate surface area is 165 Å². The molecule has 0 aliphatic rings. The number of furan rings is 1. The Bertz CT molecular complexity index is 1460. The summed E-state index contributed by atoms with van der Waals surface area (Å²) in [5, 5.41) is 2.29. The number of esters is 1. The lowest BCUT2D eigenvalue weighted by Gasteiger charge is -2.10. The van der Waals surface area contributed by atoms with E-state index in [2.05, 4.69) is 4.98 Å². The quantitative estimate of drug-likeness (QED) is 0.344. The Kier molecular flexibility index (Phi) is 3.91. The largest absolute Gasteiger partial charge is 0.456 e. The van der Waals surface area contributed by atoms with Crippen molar-refractivity contribution in [3.8, 4) is 5.75 Å². The molecule has 0 amide bonds. The van der Waals surface area contributed by atoms with Gasteiger partial charge in [0.1, 0.15) is 29.3 Å².